The normalized spacial score (nSPS) is 13.1. The standard InChI is InChI=1S/C9H19NO4/c1-7(9(13-2)14-3)10-6-4-5-8(11)12/h7,9-10H,4-6H2,1-3H3,(H,11,12). The van der Waals surface area contributed by atoms with Crippen LogP contribution in [0.1, 0.15) is 19.8 Å². The third kappa shape index (κ3) is 5.90. The minimum absolute atomic E-state index is 0.0544. The molecule has 0 aliphatic heterocycles. The van der Waals surface area contributed by atoms with Crippen molar-refractivity contribution < 1.29 is 19.4 Å². The van der Waals surface area contributed by atoms with Crippen molar-refractivity contribution >= 4 is 5.97 Å². The van der Waals surface area contributed by atoms with E-state index in [2.05, 4.69) is 5.32 Å². The predicted octanol–water partition coefficient (Wildman–Crippen LogP) is 0.448. The smallest absolute Gasteiger partial charge is 0.303 e. The third-order valence-electron chi connectivity index (χ3n) is 1.91. The number of methoxy groups -OCH3 is 2. The molecular weight excluding hydrogens is 186 g/mol. The van der Waals surface area contributed by atoms with Gasteiger partial charge in [-0.3, -0.25) is 4.79 Å². The number of carboxylic acid groups (broad SMARTS) is 1. The summed E-state index contributed by atoms with van der Waals surface area (Å²) in [6.07, 6.45) is 0.504. The van der Waals surface area contributed by atoms with Gasteiger partial charge in [0.05, 0.1) is 6.04 Å². The minimum atomic E-state index is -0.769. The molecule has 0 rings (SSSR count). The fourth-order valence-corrected chi connectivity index (χ4v) is 1.17. The summed E-state index contributed by atoms with van der Waals surface area (Å²) in [6, 6.07) is 0.0544. The fraction of sp³-hybridized carbons (Fsp3) is 0.889. The van der Waals surface area contributed by atoms with Gasteiger partial charge in [0.1, 0.15) is 0 Å². The summed E-state index contributed by atoms with van der Waals surface area (Å²) < 4.78 is 10.1. The number of rotatable bonds is 8. The minimum Gasteiger partial charge on any atom is -0.481 e. The lowest BCUT2D eigenvalue weighted by atomic mass is 10.2. The number of nitrogens with one attached hydrogen (secondary N) is 1. The molecule has 84 valence electrons. The van der Waals surface area contributed by atoms with E-state index in [1.165, 1.54) is 0 Å². The first-order chi connectivity index (χ1) is 6.61. The molecule has 0 spiro atoms. The molecule has 0 aromatic carbocycles. The number of carbonyl (C=O) groups is 1. The van der Waals surface area contributed by atoms with Crippen molar-refractivity contribution in [3.05, 3.63) is 0 Å². The number of hydrogen-bond donors (Lipinski definition) is 2. The van der Waals surface area contributed by atoms with Crippen LogP contribution in [0.15, 0.2) is 0 Å². The van der Waals surface area contributed by atoms with E-state index in [1.54, 1.807) is 14.2 Å². The van der Waals surface area contributed by atoms with Gasteiger partial charge in [0.15, 0.2) is 6.29 Å². The number of carboxylic acids is 1. The quantitative estimate of drug-likeness (QED) is 0.445. The Morgan fingerprint density at radius 2 is 2.00 bits per heavy atom. The first-order valence-electron chi connectivity index (χ1n) is 4.62. The maximum Gasteiger partial charge on any atom is 0.303 e. The molecule has 0 fully saturated rings. The lowest BCUT2D eigenvalue weighted by Crippen LogP contribution is -2.40. The monoisotopic (exact) mass is 205 g/mol. The van der Waals surface area contributed by atoms with Crippen LogP contribution in [0.4, 0.5) is 0 Å². The van der Waals surface area contributed by atoms with Gasteiger partial charge in [-0.25, -0.2) is 0 Å². The molecule has 0 aromatic rings. The first-order valence-corrected chi connectivity index (χ1v) is 4.62. The van der Waals surface area contributed by atoms with Crippen molar-refractivity contribution in [1.82, 2.24) is 5.32 Å². The van der Waals surface area contributed by atoms with Crippen molar-refractivity contribution in [2.45, 2.75) is 32.1 Å². The second-order valence-corrected chi connectivity index (χ2v) is 3.08. The van der Waals surface area contributed by atoms with Gasteiger partial charge >= 0.3 is 5.97 Å². The van der Waals surface area contributed by atoms with Crippen LogP contribution < -0.4 is 5.32 Å². The van der Waals surface area contributed by atoms with Crippen LogP contribution in [-0.2, 0) is 14.3 Å². The molecule has 0 aromatic heterocycles. The topological polar surface area (TPSA) is 67.8 Å². The van der Waals surface area contributed by atoms with Gasteiger partial charge in [-0.2, -0.15) is 0 Å². The molecule has 0 aliphatic carbocycles. The van der Waals surface area contributed by atoms with E-state index in [0.29, 0.717) is 13.0 Å². The maximum absolute atomic E-state index is 10.2. The second-order valence-electron chi connectivity index (χ2n) is 3.08. The third-order valence-corrected chi connectivity index (χ3v) is 1.91. The van der Waals surface area contributed by atoms with Crippen molar-refractivity contribution in [2.75, 3.05) is 20.8 Å². The summed E-state index contributed by atoms with van der Waals surface area (Å²) >= 11 is 0. The first kappa shape index (κ1) is 13.4. The van der Waals surface area contributed by atoms with Crippen LogP contribution in [0.25, 0.3) is 0 Å². The zero-order valence-electron chi connectivity index (χ0n) is 8.95. The highest BCUT2D eigenvalue weighted by Crippen LogP contribution is 1.98. The largest absolute Gasteiger partial charge is 0.481 e. The van der Waals surface area contributed by atoms with Gasteiger partial charge in [-0.15, -0.1) is 0 Å². The molecule has 0 amide bonds. The van der Waals surface area contributed by atoms with E-state index in [-0.39, 0.29) is 18.8 Å². The summed E-state index contributed by atoms with van der Waals surface area (Å²) in [5.41, 5.74) is 0. The number of ether oxygens (including phenoxy) is 2. The highest BCUT2D eigenvalue weighted by molar-refractivity contribution is 5.66. The van der Waals surface area contributed by atoms with E-state index in [9.17, 15) is 4.79 Å². The van der Waals surface area contributed by atoms with Crippen LogP contribution in [0.3, 0.4) is 0 Å². The lowest BCUT2D eigenvalue weighted by molar-refractivity contribution is -0.137. The van der Waals surface area contributed by atoms with Crippen molar-refractivity contribution in [2.24, 2.45) is 0 Å². The molecule has 2 N–H and O–H groups in total. The van der Waals surface area contributed by atoms with E-state index in [0.717, 1.165) is 0 Å². The van der Waals surface area contributed by atoms with Crippen LogP contribution in [0.2, 0.25) is 0 Å². The molecule has 0 heterocycles. The summed E-state index contributed by atoms with van der Waals surface area (Å²) in [7, 11) is 3.15. The Morgan fingerprint density at radius 3 is 2.43 bits per heavy atom. The van der Waals surface area contributed by atoms with Gasteiger partial charge in [0.2, 0.25) is 0 Å². The Balaban J connectivity index is 3.51. The van der Waals surface area contributed by atoms with E-state index in [1.807, 2.05) is 6.92 Å². The Bertz CT molecular complexity index is 159. The highest BCUT2D eigenvalue weighted by Gasteiger charge is 2.14. The number of hydrogen-bond acceptors (Lipinski definition) is 4. The summed E-state index contributed by atoms with van der Waals surface area (Å²) in [5.74, 6) is -0.769. The lowest BCUT2D eigenvalue weighted by Gasteiger charge is -2.21. The SMILES string of the molecule is COC(OC)C(C)NCCCC(=O)O. The van der Waals surface area contributed by atoms with E-state index in [4.69, 9.17) is 14.6 Å². The molecule has 0 radical (unpaired) electrons. The average Bonchev–Trinajstić information content (AvgIpc) is 2.14. The molecule has 1 unspecified atom stereocenters. The molecule has 0 bridgehead atoms. The fourth-order valence-electron chi connectivity index (χ4n) is 1.17. The highest BCUT2D eigenvalue weighted by atomic mass is 16.7. The van der Waals surface area contributed by atoms with E-state index < -0.39 is 5.97 Å². The number of aliphatic carboxylic acids is 1. The molecule has 0 saturated heterocycles. The average molecular weight is 205 g/mol. The van der Waals surface area contributed by atoms with Crippen LogP contribution in [0.5, 0.6) is 0 Å². The molecule has 5 nitrogen and oxygen atoms in total. The summed E-state index contributed by atoms with van der Waals surface area (Å²) in [4.78, 5) is 10.2. The van der Waals surface area contributed by atoms with Gasteiger partial charge in [-0.1, -0.05) is 0 Å². The molecule has 5 heteroatoms. The summed E-state index contributed by atoms with van der Waals surface area (Å²) in [6.45, 7) is 2.58. The van der Waals surface area contributed by atoms with Gasteiger partial charge in [0.25, 0.3) is 0 Å². The Morgan fingerprint density at radius 1 is 1.43 bits per heavy atom. The predicted molar refractivity (Wildman–Crippen MR) is 52.1 cm³/mol. The zero-order chi connectivity index (χ0) is 11.0. The molecule has 0 aliphatic rings. The van der Waals surface area contributed by atoms with Crippen LogP contribution in [-0.4, -0.2) is 44.2 Å². The Kier molecular flexibility index (Phi) is 7.37. The second kappa shape index (κ2) is 7.73. The zero-order valence-corrected chi connectivity index (χ0v) is 8.95. The molecule has 0 saturated carbocycles. The van der Waals surface area contributed by atoms with Gasteiger partial charge < -0.3 is 19.9 Å². The molecule has 14 heavy (non-hydrogen) atoms. The van der Waals surface area contributed by atoms with Crippen molar-refractivity contribution in [3.8, 4) is 0 Å². The molecule has 1 atom stereocenters. The molecular formula is C9H19NO4. The van der Waals surface area contributed by atoms with Gasteiger partial charge in [-0.05, 0) is 19.9 Å². The Labute approximate surface area is 84.4 Å². The van der Waals surface area contributed by atoms with Crippen molar-refractivity contribution in [3.63, 3.8) is 0 Å². The van der Waals surface area contributed by atoms with E-state index >= 15 is 0 Å². The van der Waals surface area contributed by atoms with Gasteiger partial charge in [0, 0.05) is 20.6 Å². The maximum atomic E-state index is 10.2. The summed E-state index contributed by atoms with van der Waals surface area (Å²) in [5, 5.41) is 11.5. The Hall–Kier alpha value is -0.650. The van der Waals surface area contributed by atoms with Crippen molar-refractivity contribution in [1.29, 1.82) is 0 Å². The van der Waals surface area contributed by atoms with Crippen LogP contribution >= 0.6 is 0 Å². The van der Waals surface area contributed by atoms with Crippen LogP contribution in [0, 0.1) is 0 Å².